The van der Waals surface area contributed by atoms with Gasteiger partial charge < -0.3 is 9.47 Å². The molecule has 1 aromatic carbocycles. The second-order valence-electron chi connectivity index (χ2n) is 10.5. The van der Waals surface area contributed by atoms with Gasteiger partial charge in [-0.25, -0.2) is 8.42 Å². The van der Waals surface area contributed by atoms with Crippen LogP contribution in [0.1, 0.15) is 62.0 Å². The minimum atomic E-state index is -3.01. The van der Waals surface area contributed by atoms with Gasteiger partial charge in [0.25, 0.3) is 0 Å². The van der Waals surface area contributed by atoms with Gasteiger partial charge in [-0.2, -0.15) is 5.10 Å². The van der Waals surface area contributed by atoms with E-state index in [1.54, 1.807) is 13.3 Å². The van der Waals surface area contributed by atoms with Gasteiger partial charge in [0.15, 0.2) is 15.6 Å². The molecule has 0 radical (unpaired) electrons. The van der Waals surface area contributed by atoms with Gasteiger partial charge >= 0.3 is 0 Å². The first-order chi connectivity index (χ1) is 16.5. The van der Waals surface area contributed by atoms with Gasteiger partial charge in [-0.1, -0.05) is 25.1 Å². The molecule has 2 aliphatic rings. The van der Waals surface area contributed by atoms with E-state index in [4.69, 9.17) is 14.6 Å². The molecule has 1 saturated carbocycles. The summed E-state index contributed by atoms with van der Waals surface area (Å²) in [5.74, 6) is 0.0193. The molecule has 3 heterocycles. The number of fused-ring (bicyclic) bond motifs is 1. The number of rotatable bonds is 9. The highest BCUT2D eigenvalue weighted by molar-refractivity contribution is 7.92. The van der Waals surface area contributed by atoms with Crippen molar-refractivity contribution >= 4 is 26.7 Å². The summed E-state index contributed by atoms with van der Waals surface area (Å²) in [6.45, 7) is 6.18. The van der Waals surface area contributed by atoms with Gasteiger partial charge in [-0.3, -0.25) is 14.5 Å². The van der Waals surface area contributed by atoms with E-state index in [0.29, 0.717) is 5.56 Å². The number of ether oxygens (including phenoxy) is 2. The van der Waals surface area contributed by atoms with Crippen molar-refractivity contribution in [2.75, 3.05) is 25.4 Å². The summed E-state index contributed by atoms with van der Waals surface area (Å²) in [5.41, 5.74) is 3.98. The molecule has 0 atom stereocenters. The lowest BCUT2D eigenvalue weighted by molar-refractivity contribution is -0.0874. The van der Waals surface area contributed by atoms with E-state index in [9.17, 15) is 13.2 Å². The summed E-state index contributed by atoms with van der Waals surface area (Å²) in [5, 5.41) is 4.88. The standard InChI is InChI=1S/C26H31N3O5S/c1-17(2)29-21-11-19(22(30)12-25(3)14-35(31,32)15-25)13-27-24(21)23(28-29)18-6-5-7-20(10-18)26(8-9-26)34-16-33-4/h5-7,10-11,13,17H,8-9,12,14-16H2,1-4H3. The average molecular weight is 498 g/mol. The molecule has 3 aromatic rings. The summed E-state index contributed by atoms with van der Waals surface area (Å²) in [4.78, 5) is 17.7. The van der Waals surface area contributed by atoms with E-state index in [1.165, 1.54) is 0 Å². The Morgan fingerprint density at radius 3 is 2.57 bits per heavy atom. The Hall–Kier alpha value is -2.62. The first kappa shape index (κ1) is 24.1. The summed E-state index contributed by atoms with van der Waals surface area (Å²) in [6.07, 6.45) is 3.68. The van der Waals surface area contributed by atoms with Gasteiger partial charge in [-0.05, 0) is 44.4 Å². The fourth-order valence-electron chi connectivity index (χ4n) is 5.12. The number of carbonyl (C=O) groups excluding carboxylic acids is 1. The number of pyridine rings is 1. The van der Waals surface area contributed by atoms with Crippen LogP contribution in [0.5, 0.6) is 0 Å². The van der Waals surface area contributed by atoms with Crippen molar-refractivity contribution in [2.24, 2.45) is 5.41 Å². The van der Waals surface area contributed by atoms with E-state index < -0.39 is 15.3 Å². The van der Waals surface area contributed by atoms with Crippen LogP contribution in [0.15, 0.2) is 36.5 Å². The van der Waals surface area contributed by atoms with E-state index in [1.807, 2.05) is 43.7 Å². The lowest BCUT2D eigenvalue weighted by atomic mass is 9.86. The predicted octanol–water partition coefficient (Wildman–Crippen LogP) is 4.30. The third kappa shape index (κ3) is 4.52. The molecule has 5 rings (SSSR count). The van der Waals surface area contributed by atoms with Crippen LogP contribution in [0, 0.1) is 5.41 Å². The molecule has 0 amide bonds. The number of nitrogens with zero attached hydrogens (tertiary/aromatic N) is 3. The molecule has 186 valence electrons. The molecule has 2 fully saturated rings. The zero-order valence-corrected chi connectivity index (χ0v) is 21.4. The van der Waals surface area contributed by atoms with Crippen molar-refractivity contribution in [3.63, 3.8) is 0 Å². The SMILES string of the molecule is COCOC1(c2cccc(-c3nn(C(C)C)c4cc(C(=O)CC5(C)CS(=O)(=O)C5)cnc34)c2)CC1. The first-order valence-corrected chi connectivity index (χ1v) is 13.7. The summed E-state index contributed by atoms with van der Waals surface area (Å²) >= 11 is 0. The third-order valence-corrected chi connectivity index (χ3v) is 9.17. The van der Waals surface area contributed by atoms with E-state index in [0.717, 1.165) is 40.7 Å². The molecule has 8 nitrogen and oxygen atoms in total. The molecule has 1 saturated heterocycles. The number of aromatic nitrogens is 3. The Labute approximate surface area is 205 Å². The zero-order valence-electron chi connectivity index (χ0n) is 20.6. The van der Waals surface area contributed by atoms with Gasteiger partial charge in [-0.15, -0.1) is 0 Å². The number of benzene rings is 1. The van der Waals surface area contributed by atoms with Crippen molar-refractivity contribution in [1.82, 2.24) is 14.8 Å². The molecule has 0 spiro atoms. The Morgan fingerprint density at radius 2 is 1.94 bits per heavy atom. The number of carbonyl (C=O) groups is 1. The average Bonchev–Trinajstić information content (AvgIpc) is 3.48. The third-order valence-electron chi connectivity index (χ3n) is 6.90. The highest BCUT2D eigenvalue weighted by atomic mass is 32.2. The minimum Gasteiger partial charge on any atom is -0.359 e. The maximum Gasteiger partial charge on any atom is 0.165 e. The van der Waals surface area contributed by atoms with Crippen molar-refractivity contribution in [1.29, 1.82) is 0 Å². The monoisotopic (exact) mass is 497 g/mol. The van der Waals surface area contributed by atoms with Gasteiger partial charge in [0.05, 0.1) is 22.6 Å². The smallest absolute Gasteiger partial charge is 0.165 e. The molecular weight excluding hydrogens is 466 g/mol. The Kier molecular flexibility index (Phi) is 5.85. The summed E-state index contributed by atoms with van der Waals surface area (Å²) in [6, 6.07) is 10.1. The topological polar surface area (TPSA) is 100 Å². The molecule has 1 aliphatic heterocycles. The van der Waals surface area contributed by atoms with Crippen molar-refractivity contribution < 1.29 is 22.7 Å². The number of sulfone groups is 1. The minimum absolute atomic E-state index is 0.0570. The highest BCUT2D eigenvalue weighted by Gasteiger charge is 2.46. The van der Waals surface area contributed by atoms with E-state index in [-0.39, 0.29) is 42.1 Å². The fourth-order valence-corrected chi connectivity index (χ4v) is 7.37. The number of Topliss-reactive ketones (excluding diaryl/α,β-unsaturated/α-hetero) is 1. The fraction of sp³-hybridized carbons (Fsp3) is 0.500. The Morgan fingerprint density at radius 1 is 1.20 bits per heavy atom. The second kappa shape index (κ2) is 8.50. The molecular formula is C26H31N3O5S. The highest BCUT2D eigenvalue weighted by Crippen LogP contribution is 2.50. The van der Waals surface area contributed by atoms with E-state index in [2.05, 4.69) is 17.1 Å². The van der Waals surface area contributed by atoms with Crippen LogP contribution in [0.2, 0.25) is 0 Å². The second-order valence-corrected chi connectivity index (χ2v) is 12.6. The van der Waals surface area contributed by atoms with Crippen molar-refractivity contribution in [2.45, 2.75) is 51.7 Å². The van der Waals surface area contributed by atoms with Crippen LogP contribution in [0.4, 0.5) is 0 Å². The molecule has 0 N–H and O–H groups in total. The molecule has 35 heavy (non-hydrogen) atoms. The number of hydrogen-bond acceptors (Lipinski definition) is 7. The first-order valence-electron chi connectivity index (χ1n) is 11.9. The number of ketones is 1. The normalized spacial score (nSPS) is 19.6. The molecule has 2 aromatic heterocycles. The largest absolute Gasteiger partial charge is 0.359 e. The van der Waals surface area contributed by atoms with Crippen LogP contribution < -0.4 is 0 Å². The zero-order chi connectivity index (χ0) is 25.0. The summed E-state index contributed by atoms with van der Waals surface area (Å²) < 4.78 is 36.3. The van der Waals surface area contributed by atoms with Crippen LogP contribution in [-0.4, -0.2) is 54.4 Å². The Bertz CT molecular complexity index is 1390. The van der Waals surface area contributed by atoms with Crippen LogP contribution >= 0.6 is 0 Å². The molecule has 0 bridgehead atoms. The quantitative estimate of drug-likeness (QED) is 0.321. The predicted molar refractivity (Wildman–Crippen MR) is 133 cm³/mol. The molecule has 0 unspecified atom stereocenters. The van der Waals surface area contributed by atoms with Gasteiger partial charge in [0.2, 0.25) is 0 Å². The maximum absolute atomic E-state index is 13.0. The molecule has 1 aliphatic carbocycles. The molecule has 9 heteroatoms. The Balaban J connectivity index is 1.49. The summed E-state index contributed by atoms with van der Waals surface area (Å²) in [7, 11) is -1.39. The lowest BCUT2D eigenvalue weighted by Gasteiger charge is -2.37. The van der Waals surface area contributed by atoms with Gasteiger partial charge in [0, 0.05) is 42.3 Å². The van der Waals surface area contributed by atoms with Gasteiger partial charge in [0.1, 0.15) is 18.0 Å². The number of methoxy groups -OCH3 is 1. The lowest BCUT2D eigenvalue weighted by Crippen LogP contribution is -2.47. The maximum atomic E-state index is 13.0. The van der Waals surface area contributed by atoms with E-state index >= 15 is 0 Å². The number of hydrogen-bond donors (Lipinski definition) is 0. The van der Waals surface area contributed by atoms with Crippen molar-refractivity contribution in [3.8, 4) is 11.3 Å². The van der Waals surface area contributed by atoms with Crippen LogP contribution in [0.3, 0.4) is 0 Å². The van der Waals surface area contributed by atoms with Crippen molar-refractivity contribution in [3.05, 3.63) is 47.7 Å². The van der Waals surface area contributed by atoms with Crippen LogP contribution in [-0.2, 0) is 24.9 Å². The van der Waals surface area contributed by atoms with Crippen LogP contribution in [0.25, 0.3) is 22.3 Å².